The number of aliphatic hydroxyl groups is 1. The van der Waals surface area contributed by atoms with Gasteiger partial charge in [0.05, 0.1) is 5.60 Å². The van der Waals surface area contributed by atoms with Crippen LogP contribution in [0.4, 0.5) is 0 Å². The molecule has 3 heteroatoms. The lowest BCUT2D eigenvalue weighted by atomic mass is 9.71. The van der Waals surface area contributed by atoms with Crippen molar-refractivity contribution in [2.45, 2.75) is 59.0 Å². The molecule has 0 atom stereocenters. The quantitative estimate of drug-likeness (QED) is 0.775. The molecule has 0 aromatic heterocycles. The van der Waals surface area contributed by atoms with E-state index in [0.717, 1.165) is 25.7 Å². The van der Waals surface area contributed by atoms with Crippen molar-refractivity contribution in [3.05, 3.63) is 0 Å². The molecule has 1 saturated carbocycles. The summed E-state index contributed by atoms with van der Waals surface area (Å²) in [7, 11) is 0. The minimum atomic E-state index is -0.680. The maximum absolute atomic E-state index is 11.4. The summed E-state index contributed by atoms with van der Waals surface area (Å²) in [6.07, 6.45) is 3.64. The predicted octanol–water partition coefficient (Wildman–Crippen LogP) is 2.09. The molecule has 0 saturated heterocycles. The highest BCUT2D eigenvalue weighted by molar-refractivity contribution is 5.77. The highest BCUT2D eigenvalue weighted by atomic mass is 16.3. The SMILES string of the molecule is CC(C)C(=O)NCC1(O)CCC(C)(C)CC1. The van der Waals surface area contributed by atoms with Crippen LogP contribution in [0.3, 0.4) is 0 Å². The number of nitrogens with one attached hydrogen (secondary N) is 1. The Labute approximate surface area is 98.6 Å². The first-order chi connectivity index (χ1) is 7.24. The first-order valence-electron chi connectivity index (χ1n) is 6.24. The number of hydrogen-bond acceptors (Lipinski definition) is 2. The van der Waals surface area contributed by atoms with E-state index in [1.165, 1.54) is 0 Å². The van der Waals surface area contributed by atoms with Crippen LogP contribution in [0.2, 0.25) is 0 Å². The second-order valence-electron chi connectivity index (χ2n) is 6.26. The van der Waals surface area contributed by atoms with E-state index in [2.05, 4.69) is 19.2 Å². The second-order valence-corrected chi connectivity index (χ2v) is 6.26. The molecule has 0 aliphatic heterocycles. The fraction of sp³-hybridized carbons (Fsp3) is 0.923. The standard InChI is InChI=1S/C13H25NO2/c1-10(2)11(15)14-9-13(16)7-5-12(3,4)6-8-13/h10,16H,5-9H2,1-4H3,(H,14,15). The Hall–Kier alpha value is -0.570. The highest BCUT2D eigenvalue weighted by Gasteiger charge is 2.36. The normalized spacial score (nSPS) is 23.1. The zero-order valence-corrected chi connectivity index (χ0v) is 11.0. The molecule has 0 unspecified atom stereocenters. The van der Waals surface area contributed by atoms with Crippen molar-refractivity contribution in [3.8, 4) is 0 Å². The minimum Gasteiger partial charge on any atom is -0.388 e. The summed E-state index contributed by atoms with van der Waals surface area (Å²) in [4.78, 5) is 11.4. The maximum atomic E-state index is 11.4. The van der Waals surface area contributed by atoms with Crippen molar-refractivity contribution in [1.29, 1.82) is 0 Å². The largest absolute Gasteiger partial charge is 0.388 e. The highest BCUT2D eigenvalue weighted by Crippen LogP contribution is 2.39. The molecule has 3 nitrogen and oxygen atoms in total. The van der Waals surface area contributed by atoms with Gasteiger partial charge in [0.25, 0.3) is 0 Å². The van der Waals surface area contributed by atoms with Crippen LogP contribution in [0.5, 0.6) is 0 Å². The number of carbonyl (C=O) groups excluding carboxylic acids is 1. The molecule has 0 aromatic rings. The van der Waals surface area contributed by atoms with Crippen LogP contribution < -0.4 is 5.32 Å². The van der Waals surface area contributed by atoms with E-state index in [0.29, 0.717) is 12.0 Å². The Morgan fingerprint density at radius 2 is 1.75 bits per heavy atom. The molecular formula is C13H25NO2. The van der Waals surface area contributed by atoms with Crippen LogP contribution in [0.25, 0.3) is 0 Å². The summed E-state index contributed by atoms with van der Waals surface area (Å²) >= 11 is 0. The lowest BCUT2D eigenvalue weighted by Gasteiger charge is -2.40. The van der Waals surface area contributed by atoms with Gasteiger partial charge in [0.15, 0.2) is 0 Å². The number of amides is 1. The van der Waals surface area contributed by atoms with Crippen LogP contribution in [0.1, 0.15) is 53.4 Å². The average molecular weight is 227 g/mol. The maximum Gasteiger partial charge on any atom is 0.222 e. The van der Waals surface area contributed by atoms with Crippen molar-refractivity contribution in [3.63, 3.8) is 0 Å². The van der Waals surface area contributed by atoms with E-state index in [4.69, 9.17) is 0 Å². The van der Waals surface area contributed by atoms with E-state index < -0.39 is 5.60 Å². The van der Waals surface area contributed by atoms with Crippen molar-refractivity contribution < 1.29 is 9.90 Å². The first-order valence-corrected chi connectivity index (χ1v) is 6.24. The van der Waals surface area contributed by atoms with Crippen LogP contribution in [0, 0.1) is 11.3 Å². The molecule has 16 heavy (non-hydrogen) atoms. The molecule has 1 aliphatic carbocycles. The Morgan fingerprint density at radius 1 is 1.25 bits per heavy atom. The monoisotopic (exact) mass is 227 g/mol. The Bertz CT molecular complexity index is 249. The van der Waals surface area contributed by atoms with Gasteiger partial charge in [-0.1, -0.05) is 27.7 Å². The van der Waals surface area contributed by atoms with Crippen LogP contribution in [0.15, 0.2) is 0 Å². The number of hydrogen-bond donors (Lipinski definition) is 2. The fourth-order valence-corrected chi connectivity index (χ4v) is 2.02. The van der Waals surface area contributed by atoms with Gasteiger partial charge in [0.1, 0.15) is 0 Å². The lowest BCUT2D eigenvalue weighted by molar-refractivity contribution is -0.125. The smallest absolute Gasteiger partial charge is 0.222 e. The van der Waals surface area contributed by atoms with Crippen LogP contribution in [-0.2, 0) is 4.79 Å². The van der Waals surface area contributed by atoms with Crippen LogP contribution >= 0.6 is 0 Å². The molecule has 1 aliphatic rings. The molecule has 0 aromatic carbocycles. The van der Waals surface area contributed by atoms with Crippen molar-refractivity contribution >= 4 is 5.91 Å². The molecule has 1 rings (SSSR count). The summed E-state index contributed by atoms with van der Waals surface area (Å²) in [6, 6.07) is 0. The van der Waals surface area contributed by atoms with Gasteiger partial charge in [0.2, 0.25) is 5.91 Å². The molecule has 0 bridgehead atoms. The Kier molecular flexibility index (Phi) is 4.00. The third kappa shape index (κ3) is 3.78. The summed E-state index contributed by atoms with van der Waals surface area (Å²) in [5, 5.41) is 13.2. The van der Waals surface area contributed by atoms with Gasteiger partial charge in [-0.3, -0.25) is 4.79 Å². The van der Waals surface area contributed by atoms with E-state index in [-0.39, 0.29) is 11.8 Å². The number of rotatable bonds is 3. The van der Waals surface area contributed by atoms with E-state index in [1.54, 1.807) is 0 Å². The Morgan fingerprint density at radius 3 is 2.19 bits per heavy atom. The van der Waals surface area contributed by atoms with E-state index in [1.807, 2.05) is 13.8 Å². The molecule has 1 fully saturated rings. The van der Waals surface area contributed by atoms with E-state index >= 15 is 0 Å². The van der Waals surface area contributed by atoms with Gasteiger partial charge >= 0.3 is 0 Å². The van der Waals surface area contributed by atoms with Crippen molar-refractivity contribution in [2.24, 2.45) is 11.3 Å². The van der Waals surface area contributed by atoms with E-state index in [9.17, 15) is 9.90 Å². The molecular weight excluding hydrogens is 202 g/mol. The summed E-state index contributed by atoms with van der Waals surface area (Å²) in [5.74, 6) is 0.0156. The minimum absolute atomic E-state index is 0.0105. The number of carbonyl (C=O) groups is 1. The molecule has 0 heterocycles. The lowest BCUT2D eigenvalue weighted by Crippen LogP contribution is -2.47. The molecule has 2 N–H and O–H groups in total. The fourth-order valence-electron chi connectivity index (χ4n) is 2.02. The molecule has 0 spiro atoms. The van der Waals surface area contributed by atoms with Gasteiger partial charge in [-0.25, -0.2) is 0 Å². The summed E-state index contributed by atoms with van der Waals surface area (Å²) in [5.41, 5.74) is -0.339. The third-order valence-electron chi connectivity index (χ3n) is 3.65. The predicted molar refractivity (Wildman–Crippen MR) is 65.0 cm³/mol. The van der Waals surface area contributed by atoms with Gasteiger partial charge in [-0.15, -0.1) is 0 Å². The average Bonchev–Trinajstić information content (AvgIpc) is 2.20. The van der Waals surface area contributed by atoms with Crippen LogP contribution in [-0.4, -0.2) is 23.2 Å². The van der Waals surface area contributed by atoms with Crippen molar-refractivity contribution in [1.82, 2.24) is 5.32 Å². The third-order valence-corrected chi connectivity index (χ3v) is 3.65. The van der Waals surface area contributed by atoms with Gasteiger partial charge in [-0.05, 0) is 31.1 Å². The zero-order valence-electron chi connectivity index (χ0n) is 11.0. The summed E-state index contributed by atoms with van der Waals surface area (Å²) < 4.78 is 0. The van der Waals surface area contributed by atoms with Gasteiger partial charge < -0.3 is 10.4 Å². The van der Waals surface area contributed by atoms with Gasteiger partial charge in [0, 0.05) is 12.5 Å². The molecule has 0 radical (unpaired) electrons. The molecule has 94 valence electrons. The Balaban J connectivity index is 2.40. The molecule has 1 amide bonds. The topological polar surface area (TPSA) is 49.3 Å². The van der Waals surface area contributed by atoms with Crippen molar-refractivity contribution in [2.75, 3.05) is 6.54 Å². The zero-order chi connectivity index (χ0) is 12.4. The second kappa shape index (κ2) is 4.74. The summed E-state index contributed by atoms with van der Waals surface area (Å²) in [6.45, 7) is 8.60. The van der Waals surface area contributed by atoms with Gasteiger partial charge in [-0.2, -0.15) is 0 Å². The first kappa shape index (κ1) is 13.5.